The minimum atomic E-state index is -4.39. The van der Waals surface area contributed by atoms with Crippen molar-refractivity contribution < 1.29 is 18.3 Å². The van der Waals surface area contributed by atoms with E-state index in [1.54, 1.807) is 11.0 Å². The third kappa shape index (κ3) is 2.83. The number of nitrogens with one attached hydrogen (secondary N) is 1. The molecule has 0 fully saturated rings. The van der Waals surface area contributed by atoms with E-state index in [4.69, 9.17) is 0 Å². The number of rotatable bonds is 2. The second-order valence-corrected chi connectivity index (χ2v) is 6.06. The van der Waals surface area contributed by atoms with Crippen LogP contribution in [0.1, 0.15) is 5.56 Å². The van der Waals surface area contributed by atoms with E-state index < -0.39 is 11.7 Å². The molecule has 2 N–H and O–H groups in total. The minimum absolute atomic E-state index is 0.0687. The minimum Gasteiger partial charge on any atom is -0.506 e. The summed E-state index contributed by atoms with van der Waals surface area (Å²) in [5.74, 6) is 0.0687. The first-order valence-corrected chi connectivity index (χ1v) is 8.04. The Morgan fingerprint density at radius 1 is 0.846 bits per heavy atom. The zero-order chi connectivity index (χ0) is 18.3. The maximum absolute atomic E-state index is 12.9. The van der Waals surface area contributed by atoms with Gasteiger partial charge in [-0.15, -0.1) is 0 Å². The number of fused-ring (bicyclic) bond motifs is 1. The van der Waals surface area contributed by atoms with E-state index in [2.05, 4.69) is 5.32 Å². The van der Waals surface area contributed by atoms with Crippen LogP contribution in [0.3, 0.4) is 0 Å². The topological polar surface area (TPSA) is 35.5 Å². The molecule has 1 heterocycles. The molecule has 0 aromatic heterocycles. The standard InChI is InChI=1S/C20H15F3N2O/c21-20(22,23)15-7-8-17-16(11-15)24-12-25(17)18-10-14(6-9-19(18)26)13-4-2-1-3-5-13/h1-11,24,26H,12H2. The molecule has 132 valence electrons. The van der Waals surface area contributed by atoms with Crippen molar-refractivity contribution in [1.29, 1.82) is 0 Å². The number of anilines is 3. The average molecular weight is 356 g/mol. The van der Waals surface area contributed by atoms with Crippen molar-refractivity contribution in [2.24, 2.45) is 0 Å². The van der Waals surface area contributed by atoms with Gasteiger partial charge in [-0.1, -0.05) is 36.4 Å². The lowest BCUT2D eigenvalue weighted by Crippen LogP contribution is -2.16. The second kappa shape index (κ2) is 5.98. The summed E-state index contributed by atoms with van der Waals surface area (Å²) in [6.07, 6.45) is -4.39. The van der Waals surface area contributed by atoms with E-state index in [9.17, 15) is 18.3 Å². The third-order valence-electron chi connectivity index (χ3n) is 4.42. The highest BCUT2D eigenvalue weighted by Gasteiger charge is 2.33. The molecule has 0 atom stereocenters. The van der Waals surface area contributed by atoms with Crippen molar-refractivity contribution in [2.75, 3.05) is 16.9 Å². The summed E-state index contributed by atoms with van der Waals surface area (Å²) in [6, 6.07) is 18.5. The molecule has 1 aliphatic rings. The van der Waals surface area contributed by atoms with Crippen LogP contribution >= 0.6 is 0 Å². The molecule has 0 bridgehead atoms. The Kier molecular flexibility index (Phi) is 3.76. The molecule has 4 rings (SSSR count). The van der Waals surface area contributed by atoms with Gasteiger partial charge in [0.1, 0.15) is 5.75 Å². The molecule has 1 aliphatic heterocycles. The van der Waals surface area contributed by atoms with Crippen molar-refractivity contribution in [3.63, 3.8) is 0 Å². The van der Waals surface area contributed by atoms with Gasteiger partial charge in [0.05, 0.1) is 29.3 Å². The van der Waals surface area contributed by atoms with Crippen LogP contribution in [0.15, 0.2) is 66.7 Å². The van der Waals surface area contributed by atoms with Crippen LogP contribution in [0.2, 0.25) is 0 Å². The van der Waals surface area contributed by atoms with Gasteiger partial charge in [0.25, 0.3) is 0 Å². The predicted molar refractivity (Wildman–Crippen MR) is 95.6 cm³/mol. The lowest BCUT2D eigenvalue weighted by molar-refractivity contribution is -0.137. The highest BCUT2D eigenvalue weighted by Crippen LogP contribution is 2.44. The van der Waals surface area contributed by atoms with Crippen LogP contribution in [0.25, 0.3) is 11.1 Å². The first-order chi connectivity index (χ1) is 12.4. The summed E-state index contributed by atoms with van der Waals surface area (Å²) >= 11 is 0. The van der Waals surface area contributed by atoms with Gasteiger partial charge in [-0.3, -0.25) is 0 Å². The van der Waals surface area contributed by atoms with Crippen molar-refractivity contribution >= 4 is 17.1 Å². The Bertz CT molecular complexity index is 955. The lowest BCUT2D eigenvalue weighted by Gasteiger charge is -2.20. The number of halogens is 3. The van der Waals surface area contributed by atoms with Gasteiger partial charge in [-0.05, 0) is 41.5 Å². The van der Waals surface area contributed by atoms with Gasteiger partial charge < -0.3 is 15.3 Å². The number of nitrogens with zero attached hydrogens (tertiary/aromatic N) is 1. The summed E-state index contributed by atoms with van der Waals surface area (Å²) in [4.78, 5) is 1.76. The largest absolute Gasteiger partial charge is 0.506 e. The van der Waals surface area contributed by atoms with Crippen molar-refractivity contribution in [3.05, 3.63) is 72.3 Å². The third-order valence-corrected chi connectivity index (χ3v) is 4.42. The van der Waals surface area contributed by atoms with Gasteiger partial charge in [0, 0.05) is 0 Å². The van der Waals surface area contributed by atoms with E-state index >= 15 is 0 Å². The van der Waals surface area contributed by atoms with Crippen molar-refractivity contribution in [3.8, 4) is 16.9 Å². The smallest absolute Gasteiger partial charge is 0.416 e. The van der Waals surface area contributed by atoms with E-state index in [-0.39, 0.29) is 12.4 Å². The molecule has 26 heavy (non-hydrogen) atoms. The zero-order valence-corrected chi connectivity index (χ0v) is 13.6. The van der Waals surface area contributed by atoms with Crippen LogP contribution in [-0.2, 0) is 6.18 Å². The van der Waals surface area contributed by atoms with E-state index in [1.807, 2.05) is 42.5 Å². The second-order valence-electron chi connectivity index (χ2n) is 6.06. The molecule has 0 saturated carbocycles. The number of alkyl halides is 3. The van der Waals surface area contributed by atoms with Gasteiger partial charge in [0.15, 0.2) is 0 Å². The molecule has 3 aromatic rings. The maximum atomic E-state index is 12.9. The summed E-state index contributed by atoms with van der Waals surface area (Å²) in [5, 5.41) is 13.3. The molecule has 0 saturated heterocycles. The molecule has 3 aromatic carbocycles. The molecule has 0 spiro atoms. The number of phenolic OH excluding ortho intramolecular Hbond substituents is 1. The summed E-state index contributed by atoms with van der Waals surface area (Å²) in [5.41, 5.74) is 2.74. The lowest BCUT2D eigenvalue weighted by atomic mass is 10.0. The molecule has 6 heteroatoms. The predicted octanol–water partition coefficient (Wildman–Crippen LogP) is 5.60. The highest BCUT2D eigenvalue weighted by molar-refractivity contribution is 5.85. The summed E-state index contributed by atoms with van der Waals surface area (Å²) < 4.78 is 38.7. The fourth-order valence-electron chi connectivity index (χ4n) is 3.10. The number of benzene rings is 3. The van der Waals surface area contributed by atoms with Gasteiger partial charge in [-0.2, -0.15) is 13.2 Å². The molecule has 0 amide bonds. The van der Waals surface area contributed by atoms with E-state index in [0.717, 1.165) is 23.3 Å². The Hall–Kier alpha value is -3.15. The fourth-order valence-corrected chi connectivity index (χ4v) is 3.10. The number of phenols is 1. The SMILES string of the molecule is Oc1ccc(-c2ccccc2)cc1N1CNc2cc(C(F)(F)F)ccc21. The Labute approximate surface area is 148 Å². The van der Waals surface area contributed by atoms with Gasteiger partial charge in [-0.25, -0.2) is 0 Å². The number of aromatic hydroxyl groups is 1. The Morgan fingerprint density at radius 3 is 2.35 bits per heavy atom. The Balaban J connectivity index is 1.74. The maximum Gasteiger partial charge on any atom is 0.416 e. The van der Waals surface area contributed by atoms with Crippen LogP contribution in [0.5, 0.6) is 5.75 Å². The molecule has 0 aliphatic carbocycles. The molecule has 0 radical (unpaired) electrons. The van der Waals surface area contributed by atoms with Crippen molar-refractivity contribution in [1.82, 2.24) is 0 Å². The molecule has 3 nitrogen and oxygen atoms in total. The highest BCUT2D eigenvalue weighted by atomic mass is 19.4. The van der Waals surface area contributed by atoms with E-state index in [0.29, 0.717) is 17.1 Å². The van der Waals surface area contributed by atoms with Gasteiger partial charge in [0.2, 0.25) is 0 Å². The monoisotopic (exact) mass is 356 g/mol. The van der Waals surface area contributed by atoms with Crippen LogP contribution in [0, 0.1) is 0 Å². The average Bonchev–Trinajstić information content (AvgIpc) is 3.05. The summed E-state index contributed by atoms with van der Waals surface area (Å²) in [6.45, 7) is 0.280. The van der Waals surface area contributed by atoms with Gasteiger partial charge >= 0.3 is 6.18 Å². The normalized spacial score (nSPS) is 13.4. The van der Waals surface area contributed by atoms with Crippen LogP contribution < -0.4 is 10.2 Å². The fraction of sp³-hybridized carbons (Fsp3) is 0.100. The van der Waals surface area contributed by atoms with E-state index in [1.165, 1.54) is 6.07 Å². The first-order valence-electron chi connectivity index (χ1n) is 8.04. The number of hydrogen-bond acceptors (Lipinski definition) is 3. The molecular formula is C20H15F3N2O. The van der Waals surface area contributed by atoms with Crippen molar-refractivity contribution in [2.45, 2.75) is 6.18 Å². The van der Waals surface area contributed by atoms with Crippen LogP contribution in [-0.4, -0.2) is 11.8 Å². The first kappa shape index (κ1) is 16.3. The molecular weight excluding hydrogens is 341 g/mol. The Morgan fingerprint density at radius 2 is 1.62 bits per heavy atom. The summed E-state index contributed by atoms with van der Waals surface area (Å²) in [7, 11) is 0. The zero-order valence-electron chi connectivity index (χ0n) is 13.6. The molecule has 0 unspecified atom stereocenters. The number of hydrogen-bond donors (Lipinski definition) is 2. The van der Waals surface area contributed by atoms with Crippen LogP contribution in [0.4, 0.5) is 30.2 Å². The quantitative estimate of drug-likeness (QED) is 0.627.